The van der Waals surface area contributed by atoms with Crippen LogP contribution >= 0.6 is 0 Å². The number of nitrogens with zero attached hydrogens (tertiary/aromatic N) is 1. The van der Waals surface area contributed by atoms with Crippen LogP contribution < -0.4 is 4.74 Å². The molecule has 0 fully saturated rings. The molecule has 0 radical (unpaired) electrons. The van der Waals surface area contributed by atoms with E-state index >= 15 is 0 Å². The fourth-order valence-corrected chi connectivity index (χ4v) is 2.13. The molecule has 0 N–H and O–H groups in total. The van der Waals surface area contributed by atoms with Crippen LogP contribution in [0, 0.1) is 0 Å². The summed E-state index contributed by atoms with van der Waals surface area (Å²) in [6.45, 7) is 4.40. The van der Waals surface area contributed by atoms with Crippen LogP contribution in [0.2, 0.25) is 0 Å². The first-order valence-corrected chi connectivity index (χ1v) is 6.98. The van der Waals surface area contributed by atoms with Gasteiger partial charge in [-0.05, 0) is 30.0 Å². The molecule has 106 valence electrons. The zero-order valence-corrected chi connectivity index (χ0v) is 12.3. The van der Waals surface area contributed by atoms with E-state index in [0.29, 0.717) is 11.5 Å². The fraction of sp³-hybridized carbons (Fsp3) is 0.353. The minimum Gasteiger partial charge on any atom is -0.485 e. The van der Waals surface area contributed by atoms with Crippen molar-refractivity contribution < 1.29 is 9.53 Å². The Labute approximate surface area is 120 Å². The second-order valence-electron chi connectivity index (χ2n) is 5.12. The number of para-hydroxylation sites is 1. The van der Waals surface area contributed by atoms with Crippen molar-refractivity contribution in [2.24, 2.45) is 7.05 Å². The van der Waals surface area contributed by atoms with Gasteiger partial charge in [-0.15, -0.1) is 0 Å². The zero-order chi connectivity index (χ0) is 14.5. The number of benzene rings is 1. The van der Waals surface area contributed by atoms with Gasteiger partial charge >= 0.3 is 0 Å². The van der Waals surface area contributed by atoms with Gasteiger partial charge in [-0.3, -0.25) is 4.79 Å². The van der Waals surface area contributed by atoms with E-state index in [1.807, 2.05) is 48.3 Å². The highest BCUT2D eigenvalue weighted by Crippen LogP contribution is 2.28. The van der Waals surface area contributed by atoms with Gasteiger partial charge in [0.15, 0.2) is 6.61 Å². The SMILES string of the molecule is CCC(C)c1ccccc1OCC(=O)c1ccn(C)c1. The average Bonchev–Trinajstić information content (AvgIpc) is 2.91. The third kappa shape index (κ3) is 3.29. The third-order valence-corrected chi connectivity index (χ3v) is 3.57. The number of Topliss-reactive ketones (excluding diaryl/α,β-unsaturated/α-hetero) is 1. The van der Waals surface area contributed by atoms with E-state index in [4.69, 9.17) is 4.74 Å². The summed E-state index contributed by atoms with van der Waals surface area (Å²) in [7, 11) is 1.90. The predicted octanol–water partition coefficient (Wildman–Crippen LogP) is 3.80. The van der Waals surface area contributed by atoms with Crippen molar-refractivity contribution in [2.45, 2.75) is 26.2 Å². The zero-order valence-electron chi connectivity index (χ0n) is 12.3. The van der Waals surface area contributed by atoms with E-state index in [1.54, 1.807) is 0 Å². The molecular weight excluding hydrogens is 250 g/mol. The van der Waals surface area contributed by atoms with Gasteiger partial charge < -0.3 is 9.30 Å². The van der Waals surface area contributed by atoms with E-state index in [-0.39, 0.29) is 12.4 Å². The number of hydrogen-bond acceptors (Lipinski definition) is 2. The first-order valence-electron chi connectivity index (χ1n) is 6.98. The Morgan fingerprint density at radius 3 is 2.70 bits per heavy atom. The summed E-state index contributed by atoms with van der Waals surface area (Å²) in [5.74, 6) is 1.24. The van der Waals surface area contributed by atoms with Crippen molar-refractivity contribution >= 4 is 5.78 Å². The Morgan fingerprint density at radius 1 is 1.30 bits per heavy atom. The maximum absolute atomic E-state index is 12.0. The van der Waals surface area contributed by atoms with Gasteiger partial charge in [0.05, 0.1) is 0 Å². The van der Waals surface area contributed by atoms with Crippen molar-refractivity contribution in [2.75, 3.05) is 6.61 Å². The van der Waals surface area contributed by atoms with Crippen molar-refractivity contribution in [3.8, 4) is 5.75 Å². The van der Waals surface area contributed by atoms with Crippen molar-refractivity contribution in [1.29, 1.82) is 0 Å². The van der Waals surface area contributed by atoms with Gasteiger partial charge in [-0.1, -0.05) is 32.0 Å². The standard InChI is InChI=1S/C17H21NO2/c1-4-13(2)15-7-5-6-8-17(15)20-12-16(19)14-9-10-18(3)11-14/h5-11,13H,4,12H2,1-3H3. The summed E-state index contributed by atoms with van der Waals surface area (Å²) in [6.07, 6.45) is 4.72. The molecule has 1 heterocycles. The normalized spacial score (nSPS) is 12.2. The fourth-order valence-electron chi connectivity index (χ4n) is 2.13. The number of carbonyl (C=O) groups is 1. The maximum atomic E-state index is 12.0. The van der Waals surface area contributed by atoms with Gasteiger partial charge in [0.2, 0.25) is 5.78 Å². The molecule has 1 aromatic carbocycles. The molecule has 0 saturated carbocycles. The van der Waals surface area contributed by atoms with Crippen LogP contribution in [0.5, 0.6) is 5.75 Å². The molecule has 0 amide bonds. The average molecular weight is 271 g/mol. The third-order valence-electron chi connectivity index (χ3n) is 3.57. The Hall–Kier alpha value is -2.03. The van der Waals surface area contributed by atoms with Crippen molar-refractivity contribution in [1.82, 2.24) is 4.57 Å². The number of ether oxygens (including phenoxy) is 1. The molecule has 3 heteroatoms. The lowest BCUT2D eigenvalue weighted by atomic mass is 9.98. The number of ketones is 1. The topological polar surface area (TPSA) is 31.2 Å². The lowest BCUT2D eigenvalue weighted by Gasteiger charge is -2.15. The van der Waals surface area contributed by atoms with Gasteiger partial charge in [0.1, 0.15) is 5.75 Å². The van der Waals surface area contributed by atoms with Crippen LogP contribution in [-0.4, -0.2) is 17.0 Å². The second-order valence-corrected chi connectivity index (χ2v) is 5.12. The smallest absolute Gasteiger partial charge is 0.201 e. The van der Waals surface area contributed by atoms with Crippen LogP contribution in [-0.2, 0) is 7.05 Å². The Balaban J connectivity index is 2.06. The van der Waals surface area contributed by atoms with E-state index in [0.717, 1.165) is 17.7 Å². The highest BCUT2D eigenvalue weighted by Gasteiger charge is 2.12. The maximum Gasteiger partial charge on any atom is 0.201 e. The van der Waals surface area contributed by atoms with Crippen molar-refractivity contribution in [3.05, 3.63) is 53.9 Å². The van der Waals surface area contributed by atoms with Crippen LogP contribution in [0.4, 0.5) is 0 Å². The number of aromatic nitrogens is 1. The number of rotatable bonds is 6. The van der Waals surface area contributed by atoms with Gasteiger partial charge in [0, 0.05) is 25.0 Å². The van der Waals surface area contributed by atoms with E-state index < -0.39 is 0 Å². The molecule has 1 unspecified atom stereocenters. The molecule has 3 nitrogen and oxygen atoms in total. The summed E-state index contributed by atoms with van der Waals surface area (Å²) in [4.78, 5) is 12.0. The molecule has 0 aliphatic heterocycles. The summed E-state index contributed by atoms with van der Waals surface area (Å²) < 4.78 is 7.59. The van der Waals surface area contributed by atoms with E-state index in [1.165, 1.54) is 0 Å². The molecule has 1 atom stereocenters. The summed E-state index contributed by atoms with van der Waals surface area (Å²) in [5, 5.41) is 0. The summed E-state index contributed by atoms with van der Waals surface area (Å²) >= 11 is 0. The molecule has 0 aliphatic carbocycles. The molecule has 0 bridgehead atoms. The summed E-state index contributed by atoms with van der Waals surface area (Å²) in [6, 6.07) is 9.75. The van der Waals surface area contributed by atoms with E-state index in [2.05, 4.69) is 19.9 Å². The van der Waals surface area contributed by atoms with Crippen LogP contribution in [0.3, 0.4) is 0 Å². The molecule has 0 saturated heterocycles. The lowest BCUT2D eigenvalue weighted by Crippen LogP contribution is -2.12. The molecule has 20 heavy (non-hydrogen) atoms. The second kappa shape index (κ2) is 6.42. The molecule has 2 rings (SSSR count). The van der Waals surface area contributed by atoms with Gasteiger partial charge in [-0.25, -0.2) is 0 Å². The molecule has 1 aromatic heterocycles. The molecule has 0 aliphatic rings. The van der Waals surface area contributed by atoms with Crippen molar-refractivity contribution in [3.63, 3.8) is 0 Å². The molecule has 2 aromatic rings. The quantitative estimate of drug-likeness (QED) is 0.748. The molecule has 0 spiro atoms. The van der Waals surface area contributed by atoms with Gasteiger partial charge in [0.25, 0.3) is 0 Å². The van der Waals surface area contributed by atoms with Crippen LogP contribution in [0.15, 0.2) is 42.7 Å². The minimum absolute atomic E-state index is 0.00422. The minimum atomic E-state index is 0.00422. The Morgan fingerprint density at radius 2 is 2.05 bits per heavy atom. The Kier molecular flexibility index (Phi) is 4.61. The van der Waals surface area contributed by atoms with Gasteiger partial charge in [-0.2, -0.15) is 0 Å². The highest BCUT2D eigenvalue weighted by molar-refractivity contribution is 5.97. The number of aryl methyl sites for hydroxylation is 1. The highest BCUT2D eigenvalue weighted by atomic mass is 16.5. The number of carbonyl (C=O) groups excluding carboxylic acids is 1. The van der Waals surface area contributed by atoms with Crippen LogP contribution in [0.1, 0.15) is 42.1 Å². The monoisotopic (exact) mass is 271 g/mol. The first kappa shape index (κ1) is 14.4. The van der Waals surface area contributed by atoms with E-state index in [9.17, 15) is 4.79 Å². The first-order chi connectivity index (χ1) is 9.61. The lowest BCUT2D eigenvalue weighted by molar-refractivity contribution is 0.0920. The molecular formula is C17H21NO2. The predicted molar refractivity (Wildman–Crippen MR) is 80.4 cm³/mol. The Bertz CT molecular complexity index is 586. The largest absolute Gasteiger partial charge is 0.485 e. The summed E-state index contributed by atoms with van der Waals surface area (Å²) in [5.41, 5.74) is 1.85. The number of hydrogen-bond donors (Lipinski definition) is 0. The van der Waals surface area contributed by atoms with Crippen LogP contribution in [0.25, 0.3) is 0 Å².